The summed E-state index contributed by atoms with van der Waals surface area (Å²) in [5.74, 6) is -0.194. The maximum Gasteiger partial charge on any atom is 0.234 e. The Kier molecular flexibility index (Phi) is 7.60. The van der Waals surface area contributed by atoms with E-state index in [1.165, 1.54) is 18.7 Å². The lowest BCUT2D eigenvalue weighted by Crippen LogP contribution is -2.39. The topological polar surface area (TPSA) is 41.6 Å². The first-order chi connectivity index (χ1) is 12.5. The molecule has 0 aliphatic heterocycles. The van der Waals surface area contributed by atoms with Crippen molar-refractivity contribution in [3.8, 4) is 5.75 Å². The molecule has 2 aromatic rings. The van der Waals surface area contributed by atoms with Crippen LogP contribution in [0.4, 0.5) is 4.39 Å². The van der Waals surface area contributed by atoms with Crippen LogP contribution in [0.2, 0.25) is 0 Å². The van der Waals surface area contributed by atoms with Crippen molar-refractivity contribution >= 4 is 5.91 Å². The minimum absolute atomic E-state index is 0.0259. The molecule has 1 atom stereocenters. The fourth-order valence-electron chi connectivity index (χ4n) is 2.84. The average molecular weight is 358 g/mol. The summed E-state index contributed by atoms with van der Waals surface area (Å²) in [6.07, 6.45) is 1.83. The number of hydrogen-bond donors (Lipinski definition) is 1. The van der Waals surface area contributed by atoms with Gasteiger partial charge in [-0.1, -0.05) is 36.4 Å². The number of hydrogen-bond acceptors (Lipinski definition) is 3. The molecule has 0 spiro atoms. The Morgan fingerprint density at radius 1 is 1.19 bits per heavy atom. The highest BCUT2D eigenvalue weighted by Crippen LogP contribution is 2.18. The summed E-state index contributed by atoms with van der Waals surface area (Å²) in [4.78, 5) is 14.0. The summed E-state index contributed by atoms with van der Waals surface area (Å²) >= 11 is 0. The van der Waals surface area contributed by atoms with Gasteiger partial charge in [0.2, 0.25) is 5.91 Å². The zero-order valence-corrected chi connectivity index (χ0v) is 15.7. The number of nitrogens with zero attached hydrogens (tertiary/aromatic N) is 1. The summed E-state index contributed by atoms with van der Waals surface area (Å²) in [6, 6.07) is 15.2. The van der Waals surface area contributed by atoms with Gasteiger partial charge in [0.25, 0.3) is 0 Å². The minimum Gasteiger partial charge on any atom is -0.494 e. The van der Waals surface area contributed by atoms with E-state index in [2.05, 4.69) is 17.4 Å². The Morgan fingerprint density at radius 2 is 1.92 bits per heavy atom. The smallest absolute Gasteiger partial charge is 0.234 e. The minimum atomic E-state index is -0.391. The molecule has 0 radical (unpaired) electrons. The van der Waals surface area contributed by atoms with E-state index < -0.39 is 5.82 Å². The van der Waals surface area contributed by atoms with E-state index in [1.54, 1.807) is 12.1 Å². The van der Waals surface area contributed by atoms with Crippen molar-refractivity contribution < 1.29 is 13.9 Å². The molecule has 1 amide bonds. The predicted octanol–water partition coefficient (Wildman–Crippen LogP) is 3.40. The van der Waals surface area contributed by atoms with Crippen LogP contribution >= 0.6 is 0 Å². The third kappa shape index (κ3) is 6.48. The zero-order chi connectivity index (χ0) is 18.9. The van der Waals surface area contributed by atoms with Crippen LogP contribution in [0.15, 0.2) is 48.5 Å². The number of carbonyl (C=O) groups is 1. The molecule has 0 aromatic heterocycles. The molecule has 0 saturated heterocycles. The molecule has 0 aliphatic carbocycles. The van der Waals surface area contributed by atoms with E-state index in [0.717, 1.165) is 18.4 Å². The van der Waals surface area contributed by atoms with Gasteiger partial charge in [-0.25, -0.2) is 4.39 Å². The number of likely N-dealkylation sites (N-methyl/N-ethyl adjacent to an activating group) is 1. The van der Waals surface area contributed by atoms with Gasteiger partial charge in [-0.05, 0) is 50.1 Å². The summed E-state index contributed by atoms with van der Waals surface area (Å²) in [7, 11) is 3.28. The van der Waals surface area contributed by atoms with Gasteiger partial charge in [0.1, 0.15) is 0 Å². The van der Waals surface area contributed by atoms with Crippen molar-refractivity contribution in [2.45, 2.75) is 32.4 Å². The number of carbonyl (C=O) groups excluding carboxylic acids is 1. The highest BCUT2D eigenvalue weighted by Gasteiger charge is 2.12. The summed E-state index contributed by atoms with van der Waals surface area (Å²) < 4.78 is 18.7. The molecule has 0 aliphatic rings. The van der Waals surface area contributed by atoms with Gasteiger partial charge in [-0.15, -0.1) is 0 Å². The number of benzene rings is 2. The number of rotatable bonds is 9. The molecule has 1 unspecified atom stereocenters. The third-order valence-corrected chi connectivity index (χ3v) is 4.20. The van der Waals surface area contributed by atoms with E-state index in [1.807, 2.05) is 37.1 Å². The molecule has 2 rings (SSSR count). The quantitative estimate of drug-likeness (QED) is 0.747. The van der Waals surface area contributed by atoms with Gasteiger partial charge in [-0.2, -0.15) is 0 Å². The third-order valence-electron chi connectivity index (χ3n) is 4.20. The molecule has 4 nitrogen and oxygen atoms in total. The Balaban J connectivity index is 1.75. The van der Waals surface area contributed by atoms with Crippen LogP contribution in [0.5, 0.6) is 5.75 Å². The van der Waals surface area contributed by atoms with Crippen LogP contribution in [-0.4, -0.2) is 37.6 Å². The van der Waals surface area contributed by atoms with Gasteiger partial charge < -0.3 is 10.1 Å². The average Bonchev–Trinajstić information content (AvgIpc) is 2.60. The first-order valence-electron chi connectivity index (χ1n) is 8.82. The number of nitrogens with one attached hydrogen (secondary N) is 1. The molecule has 2 aromatic carbocycles. The van der Waals surface area contributed by atoms with E-state index in [0.29, 0.717) is 6.54 Å². The van der Waals surface area contributed by atoms with Crippen LogP contribution in [0.1, 0.15) is 24.5 Å². The van der Waals surface area contributed by atoms with Crippen molar-refractivity contribution in [1.82, 2.24) is 10.2 Å². The molecule has 26 heavy (non-hydrogen) atoms. The van der Waals surface area contributed by atoms with Gasteiger partial charge in [0.05, 0.1) is 13.7 Å². The first kappa shape index (κ1) is 19.9. The molecule has 0 fully saturated rings. The van der Waals surface area contributed by atoms with Crippen LogP contribution < -0.4 is 10.1 Å². The molecule has 0 saturated carbocycles. The van der Waals surface area contributed by atoms with Crippen LogP contribution in [-0.2, 0) is 17.8 Å². The maximum atomic E-state index is 13.7. The predicted molar refractivity (Wildman–Crippen MR) is 102 cm³/mol. The van der Waals surface area contributed by atoms with E-state index in [-0.39, 0.29) is 24.2 Å². The Morgan fingerprint density at radius 3 is 2.58 bits per heavy atom. The summed E-state index contributed by atoms with van der Waals surface area (Å²) in [5.41, 5.74) is 2.07. The molecular formula is C21H27FN2O2. The van der Waals surface area contributed by atoms with Crippen molar-refractivity contribution in [3.05, 3.63) is 65.5 Å². The van der Waals surface area contributed by atoms with Crippen LogP contribution in [0.3, 0.4) is 0 Å². The maximum absolute atomic E-state index is 13.7. The lowest BCUT2D eigenvalue weighted by molar-refractivity contribution is -0.122. The lowest BCUT2D eigenvalue weighted by atomic mass is 10.1. The van der Waals surface area contributed by atoms with Crippen molar-refractivity contribution in [1.29, 1.82) is 0 Å². The molecule has 140 valence electrons. The standard InChI is InChI=1S/C21H27FN2O2/c1-16(9-10-17-7-5-4-6-8-17)23-21(25)15-24(2)14-18-11-12-20(26-3)19(22)13-18/h4-8,11-13,16H,9-10,14-15H2,1-3H3,(H,23,25). The van der Waals surface area contributed by atoms with Gasteiger partial charge in [-0.3, -0.25) is 9.69 Å². The Bertz CT molecular complexity index is 706. The van der Waals surface area contributed by atoms with E-state index in [4.69, 9.17) is 4.74 Å². The fourth-order valence-corrected chi connectivity index (χ4v) is 2.84. The second-order valence-corrected chi connectivity index (χ2v) is 6.63. The first-order valence-corrected chi connectivity index (χ1v) is 8.82. The fraction of sp³-hybridized carbons (Fsp3) is 0.381. The molecule has 0 heterocycles. The van der Waals surface area contributed by atoms with Crippen LogP contribution in [0.25, 0.3) is 0 Å². The second kappa shape index (κ2) is 9.92. The number of amides is 1. The Labute approximate surface area is 155 Å². The highest BCUT2D eigenvalue weighted by molar-refractivity contribution is 5.78. The lowest BCUT2D eigenvalue weighted by Gasteiger charge is -2.19. The van der Waals surface area contributed by atoms with E-state index in [9.17, 15) is 9.18 Å². The number of aryl methyl sites for hydroxylation is 1. The molecule has 1 N–H and O–H groups in total. The molecule has 0 bridgehead atoms. The van der Waals surface area contributed by atoms with E-state index >= 15 is 0 Å². The zero-order valence-electron chi connectivity index (χ0n) is 15.7. The second-order valence-electron chi connectivity index (χ2n) is 6.63. The van der Waals surface area contributed by atoms with Crippen LogP contribution in [0, 0.1) is 5.82 Å². The van der Waals surface area contributed by atoms with Crippen molar-refractivity contribution in [2.24, 2.45) is 0 Å². The Hall–Kier alpha value is -2.40. The van der Waals surface area contributed by atoms with Gasteiger partial charge >= 0.3 is 0 Å². The number of methoxy groups -OCH3 is 1. The van der Waals surface area contributed by atoms with Gasteiger partial charge in [0.15, 0.2) is 11.6 Å². The SMILES string of the molecule is COc1ccc(CN(C)CC(=O)NC(C)CCc2ccccc2)cc1F. The monoisotopic (exact) mass is 358 g/mol. The molecular weight excluding hydrogens is 331 g/mol. The van der Waals surface area contributed by atoms with Gasteiger partial charge in [0, 0.05) is 12.6 Å². The highest BCUT2D eigenvalue weighted by atomic mass is 19.1. The normalized spacial score (nSPS) is 12.0. The summed E-state index contributed by atoms with van der Waals surface area (Å²) in [6.45, 7) is 2.77. The van der Waals surface area contributed by atoms with Crippen molar-refractivity contribution in [3.63, 3.8) is 0 Å². The number of ether oxygens (including phenoxy) is 1. The number of halogens is 1. The molecule has 5 heteroatoms. The largest absolute Gasteiger partial charge is 0.494 e. The summed E-state index contributed by atoms with van der Waals surface area (Å²) in [5, 5.41) is 3.02. The van der Waals surface area contributed by atoms with Crippen molar-refractivity contribution in [2.75, 3.05) is 20.7 Å².